The van der Waals surface area contributed by atoms with E-state index >= 15 is 0 Å². The fourth-order valence-corrected chi connectivity index (χ4v) is 2.11. The zero-order valence-electron chi connectivity index (χ0n) is 12.6. The monoisotopic (exact) mass is 348 g/mol. The summed E-state index contributed by atoms with van der Waals surface area (Å²) in [6.07, 6.45) is -1.37. The second-order valence-corrected chi connectivity index (χ2v) is 4.99. The van der Waals surface area contributed by atoms with Crippen LogP contribution in [0.25, 0.3) is 5.82 Å². The lowest BCUT2D eigenvalue weighted by Gasteiger charge is -2.12. The van der Waals surface area contributed by atoms with Crippen LogP contribution in [0.3, 0.4) is 0 Å². The summed E-state index contributed by atoms with van der Waals surface area (Å²) in [5, 5.41) is 7.32. The molecule has 3 rings (SSSR count). The van der Waals surface area contributed by atoms with Crippen molar-refractivity contribution in [3.8, 4) is 11.6 Å². The molecule has 0 N–H and O–H groups in total. The van der Waals surface area contributed by atoms with Crippen LogP contribution in [-0.2, 0) is 17.4 Å². The lowest BCUT2D eigenvalue weighted by atomic mass is 10.1. The molecule has 0 spiro atoms. The summed E-state index contributed by atoms with van der Waals surface area (Å²) in [5.74, 6) is -0.836. The van der Waals surface area contributed by atoms with E-state index in [9.17, 15) is 18.0 Å². The smallest absolute Gasteiger partial charge is 0.420 e. The highest BCUT2D eigenvalue weighted by molar-refractivity contribution is 5.75. The van der Waals surface area contributed by atoms with E-state index in [4.69, 9.17) is 4.74 Å². The molecule has 2 aromatic heterocycles. The molecule has 0 saturated heterocycles. The first-order chi connectivity index (χ1) is 11.9. The molecule has 0 atom stereocenters. The number of hydrogen-bond donors (Lipinski definition) is 0. The molecule has 25 heavy (non-hydrogen) atoms. The van der Waals surface area contributed by atoms with Gasteiger partial charge in [0.1, 0.15) is 11.3 Å². The van der Waals surface area contributed by atoms with Crippen molar-refractivity contribution in [3.63, 3.8) is 0 Å². The minimum absolute atomic E-state index is 0.0733. The molecule has 2 heterocycles. The maximum atomic E-state index is 13.3. The number of carbonyl (C=O) groups excluding carboxylic acids is 1. The maximum absolute atomic E-state index is 13.3. The Bertz CT molecular complexity index is 865. The highest BCUT2D eigenvalue weighted by atomic mass is 19.4. The molecule has 0 unspecified atom stereocenters. The molecule has 0 bridgehead atoms. The van der Waals surface area contributed by atoms with Gasteiger partial charge in [-0.3, -0.25) is 4.79 Å². The third-order valence-corrected chi connectivity index (χ3v) is 3.16. The van der Waals surface area contributed by atoms with E-state index in [0.717, 1.165) is 10.9 Å². The van der Waals surface area contributed by atoms with E-state index < -0.39 is 23.5 Å². The average Bonchev–Trinajstić information content (AvgIpc) is 3.09. The number of alkyl halides is 3. The van der Waals surface area contributed by atoms with Crippen LogP contribution >= 0.6 is 0 Å². The van der Waals surface area contributed by atoms with Crippen molar-refractivity contribution in [2.75, 3.05) is 0 Å². The number of rotatable bonds is 4. The number of esters is 1. The van der Waals surface area contributed by atoms with Crippen molar-refractivity contribution in [1.82, 2.24) is 20.0 Å². The summed E-state index contributed by atoms with van der Waals surface area (Å²) in [5.41, 5.74) is -0.960. The molecule has 0 saturated carbocycles. The van der Waals surface area contributed by atoms with Gasteiger partial charge in [0.05, 0.1) is 18.8 Å². The van der Waals surface area contributed by atoms with Gasteiger partial charge in [-0.05, 0) is 23.8 Å². The number of ether oxygens (including phenoxy) is 1. The predicted molar refractivity (Wildman–Crippen MR) is 79.9 cm³/mol. The zero-order valence-corrected chi connectivity index (χ0v) is 12.6. The van der Waals surface area contributed by atoms with Crippen LogP contribution in [0.1, 0.15) is 11.1 Å². The van der Waals surface area contributed by atoms with Gasteiger partial charge in [-0.25, -0.2) is 4.98 Å². The standard InChI is InChI=1S/C16H11F3N4O2/c17-16(18,19)13-8-11(10-20-15(13)23-21-6-7-22-23)9-14(24)25-12-4-2-1-3-5-12/h1-8,10H,9H2. The Labute approximate surface area is 139 Å². The number of hydrogen-bond acceptors (Lipinski definition) is 5. The highest BCUT2D eigenvalue weighted by Crippen LogP contribution is 2.33. The second kappa shape index (κ2) is 6.71. The first-order valence-electron chi connectivity index (χ1n) is 7.12. The van der Waals surface area contributed by atoms with Gasteiger partial charge in [0, 0.05) is 6.20 Å². The van der Waals surface area contributed by atoms with Crippen molar-refractivity contribution in [2.24, 2.45) is 0 Å². The molecule has 9 heteroatoms. The first-order valence-corrected chi connectivity index (χ1v) is 7.12. The second-order valence-electron chi connectivity index (χ2n) is 4.99. The van der Waals surface area contributed by atoms with Crippen molar-refractivity contribution >= 4 is 5.97 Å². The van der Waals surface area contributed by atoms with Gasteiger partial charge in [-0.15, -0.1) is 4.80 Å². The summed E-state index contributed by atoms with van der Waals surface area (Å²) in [6.45, 7) is 0. The largest absolute Gasteiger partial charge is 0.426 e. The van der Waals surface area contributed by atoms with E-state index in [1.807, 2.05) is 0 Å². The molecule has 0 fully saturated rings. The van der Waals surface area contributed by atoms with Crippen molar-refractivity contribution in [1.29, 1.82) is 0 Å². The normalized spacial score (nSPS) is 11.3. The average molecular weight is 348 g/mol. The van der Waals surface area contributed by atoms with Crippen LogP contribution in [0.15, 0.2) is 55.0 Å². The molecule has 0 amide bonds. The van der Waals surface area contributed by atoms with Crippen LogP contribution in [0.2, 0.25) is 0 Å². The van der Waals surface area contributed by atoms with E-state index in [1.165, 1.54) is 18.6 Å². The van der Waals surface area contributed by atoms with Crippen molar-refractivity contribution in [3.05, 3.63) is 66.1 Å². The molecule has 1 aromatic carbocycles. The summed E-state index contributed by atoms with van der Waals surface area (Å²) in [7, 11) is 0. The molecular weight excluding hydrogens is 337 g/mol. The Morgan fingerprint density at radius 1 is 1.12 bits per heavy atom. The third kappa shape index (κ3) is 4.00. The summed E-state index contributed by atoms with van der Waals surface area (Å²) in [4.78, 5) is 16.4. The summed E-state index contributed by atoms with van der Waals surface area (Å²) < 4.78 is 44.9. The zero-order chi connectivity index (χ0) is 17.9. The SMILES string of the molecule is O=C(Cc1cnc(-n2nccn2)c(C(F)(F)F)c1)Oc1ccccc1. The molecule has 3 aromatic rings. The van der Waals surface area contributed by atoms with Gasteiger partial charge in [0.25, 0.3) is 0 Å². The highest BCUT2D eigenvalue weighted by Gasteiger charge is 2.36. The lowest BCUT2D eigenvalue weighted by Crippen LogP contribution is -2.17. The minimum Gasteiger partial charge on any atom is -0.426 e. The van der Waals surface area contributed by atoms with Crippen LogP contribution in [-0.4, -0.2) is 25.9 Å². The Kier molecular flexibility index (Phi) is 4.46. The number of halogens is 3. The van der Waals surface area contributed by atoms with Gasteiger partial charge in [-0.1, -0.05) is 18.2 Å². The molecule has 0 aliphatic rings. The van der Waals surface area contributed by atoms with E-state index in [1.54, 1.807) is 30.3 Å². The Morgan fingerprint density at radius 2 is 1.80 bits per heavy atom. The Balaban J connectivity index is 1.84. The first kappa shape index (κ1) is 16.6. The van der Waals surface area contributed by atoms with Crippen LogP contribution in [0.5, 0.6) is 5.75 Å². The maximum Gasteiger partial charge on any atom is 0.420 e. The van der Waals surface area contributed by atoms with E-state index in [2.05, 4.69) is 15.2 Å². The van der Waals surface area contributed by atoms with Gasteiger partial charge < -0.3 is 4.74 Å². The minimum atomic E-state index is -4.67. The van der Waals surface area contributed by atoms with E-state index in [-0.39, 0.29) is 12.0 Å². The fourth-order valence-electron chi connectivity index (χ4n) is 2.11. The lowest BCUT2D eigenvalue weighted by molar-refractivity contribution is -0.138. The Morgan fingerprint density at radius 3 is 2.44 bits per heavy atom. The summed E-state index contributed by atoms with van der Waals surface area (Å²) >= 11 is 0. The molecule has 0 aliphatic carbocycles. The number of benzene rings is 1. The number of nitrogens with zero attached hydrogens (tertiary/aromatic N) is 4. The number of aromatic nitrogens is 4. The molecule has 6 nitrogen and oxygen atoms in total. The van der Waals surface area contributed by atoms with Gasteiger partial charge in [0.2, 0.25) is 0 Å². The predicted octanol–water partition coefficient (Wildman–Crippen LogP) is 2.83. The third-order valence-electron chi connectivity index (χ3n) is 3.16. The topological polar surface area (TPSA) is 69.9 Å². The van der Waals surface area contributed by atoms with Crippen LogP contribution in [0, 0.1) is 0 Å². The van der Waals surface area contributed by atoms with Crippen molar-refractivity contribution in [2.45, 2.75) is 12.6 Å². The van der Waals surface area contributed by atoms with Crippen molar-refractivity contribution < 1.29 is 22.7 Å². The molecule has 0 radical (unpaired) electrons. The fraction of sp³-hybridized carbons (Fsp3) is 0.125. The van der Waals surface area contributed by atoms with Gasteiger partial charge in [-0.2, -0.15) is 23.4 Å². The molecule has 128 valence electrons. The van der Waals surface area contributed by atoms with Crippen LogP contribution in [0.4, 0.5) is 13.2 Å². The Hall–Kier alpha value is -3.23. The number of para-hydroxylation sites is 1. The van der Waals surface area contributed by atoms with Gasteiger partial charge in [0.15, 0.2) is 5.82 Å². The molecular formula is C16H11F3N4O2. The molecule has 0 aliphatic heterocycles. The summed E-state index contributed by atoms with van der Waals surface area (Å²) in [6, 6.07) is 9.10. The van der Waals surface area contributed by atoms with Crippen LogP contribution < -0.4 is 4.74 Å². The number of pyridine rings is 1. The quantitative estimate of drug-likeness (QED) is 0.536. The number of carbonyl (C=O) groups is 1. The van der Waals surface area contributed by atoms with E-state index in [0.29, 0.717) is 5.75 Å². The van der Waals surface area contributed by atoms with Gasteiger partial charge >= 0.3 is 12.1 Å².